The molecule has 24 heavy (non-hydrogen) atoms. The molecule has 0 atom stereocenters. The van der Waals surface area contributed by atoms with Gasteiger partial charge in [-0.15, -0.1) is 0 Å². The van der Waals surface area contributed by atoms with Crippen molar-refractivity contribution in [3.8, 4) is 5.75 Å². The number of rotatable bonds is 4. The molecule has 9 heteroatoms. The number of phenols is 1. The van der Waals surface area contributed by atoms with Crippen molar-refractivity contribution in [1.82, 2.24) is 0 Å². The normalized spacial score (nSPS) is 14.1. The van der Waals surface area contributed by atoms with E-state index in [1.165, 1.54) is 22.9 Å². The summed E-state index contributed by atoms with van der Waals surface area (Å²) in [6.07, 6.45) is 0. The number of halogens is 6. The van der Waals surface area contributed by atoms with Gasteiger partial charge >= 0.3 is 33.0 Å². The van der Waals surface area contributed by atoms with Crippen LogP contribution in [0.4, 0.5) is 25.2 Å². The van der Waals surface area contributed by atoms with Crippen LogP contribution in [0.25, 0.3) is 0 Å². The Morgan fingerprint density at radius 3 is 1.83 bits per heavy atom. The van der Waals surface area contributed by atoms with Gasteiger partial charge in [-0.25, -0.2) is 0 Å². The second-order valence-corrected chi connectivity index (χ2v) is 8.10. The Kier molecular flexibility index (Phi) is 5.89. The first-order chi connectivity index (χ1) is 10.7. The van der Waals surface area contributed by atoms with Crippen molar-refractivity contribution in [2.24, 2.45) is 0 Å². The predicted octanol–water partition coefficient (Wildman–Crippen LogP) is 6.60. The summed E-state index contributed by atoms with van der Waals surface area (Å²) in [7, 11) is -10.7. The first kappa shape index (κ1) is 20.6. The molecule has 0 saturated carbocycles. The summed E-state index contributed by atoms with van der Waals surface area (Å²) in [4.78, 5) is 0. The zero-order chi connectivity index (χ0) is 18.5. The number of benzene rings is 2. The van der Waals surface area contributed by atoms with E-state index >= 15 is 0 Å². The average Bonchev–Trinajstić information content (AvgIpc) is 2.41. The third-order valence-electron chi connectivity index (χ3n) is 2.69. The van der Waals surface area contributed by atoms with E-state index in [1.54, 1.807) is 6.07 Å². The van der Waals surface area contributed by atoms with Crippen molar-refractivity contribution < 1.29 is 30.3 Å². The van der Waals surface area contributed by atoms with E-state index in [4.69, 9.17) is 0 Å². The molecule has 0 fully saturated rings. The molecular formula is C15H17F6OPS. The second-order valence-electron chi connectivity index (χ2n) is 5.10. The molecular weight excluding hydrogens is 373 g/mol. The van der Waals surface area contributed by atoms with E-state index in [9.17, 15) is 30.3 Å². The monoisotopic (exact) mass is 390 g/mol. The predicted molar refractivity (Wildman–Crippen MR) is 89.0 cm³/mol. The van der Waals surface area contributed by atoms with Crippen molar-refractivity contribution in [3.05, 3.63) is 65.2 Å². The Morgan fingerprint density at radius 1 is 0.833 bits per heavy atom. The molecule has 1 nitrogen and oxygen atoms in total. The SMILES string of the molecule is Cc1cc(C[SH+]Cc2ccccc2)ccc1O.F[P-](F)(F)(F)(F)F. The Hall–Kier alpha value is -1.40. The molecule has 0 saturated heterocycles. The van der Waals surface area contributed by atoms with Crippen LogP contribution >= 0.6 is 7.81 Å². The van der Waals surface area contributed by atoms with Crippen LogP contribution in [0.2, 0.25) is 0 Å². The molecule has 0 aliphatic rings. The summed E-state index contributed by atoms with van der Waals surface area (Å²) in [5.41, 5.74) is 3.62. The molecule has 2 aromatic rings. The van der Waals surface area contributed by atoms with E-state index in [1.807, 2.05) is 19.1 Å². The van der Waals surface area contributed by atoms with Crippen LogP contribution in [0.15, 0.2) is 48.5 Å². The summed E-state index contributed by atoms with van der Waals surface area (Å²) in [5, 5.41) is 9.44. The van der Waals surface area contributed by atoms with Crippen LogP contribution in [0.3, 0.4) is 0 Å². The van der Waals surface area contributed by atoms with Crippen LogP contribution < -0.4 is 0 Å². The van der Waals surface area contributed by atoms with E-state index in [0.29, 0.717) is 5.75 Å². The Bertz CT molecular complexity index is 662. The van der Waals surface area contributed by atoms with Gasteiger partial charge in [0.25, 0.3) is 0 Å². The minimum absolute atomic E-state index is 0.383. The van der Waals surface area contributed by atoms with Crippen LogP contribution in [0.1, 0.15) is 16.7 Å². The summed E-state index contributed by atoms with van der Waals surface area (Å²) in [6.45, 7) is 1.94. The fraction of sp³-hybridized carbons (Fsp3) is 0.200. The number of aryl methyl sites for hydroxylation is 1. The number of hydrogen-bond acceptors (Lipinski definition) is 1. The zero-order valence-electron chi connectivity index (χ0n) is 12.6. The molecule has 0 unspecified atom stereocenters. The number of hydrogen-bond donors (Lipinski definition) is 1. The molecule has 0 aromatic heterocycles. The van der Waals surface area contributed by atoms with Gasteiger partial charge in [0.05, 0.1) is 0 Å². The third kappa shape index (κ3) is 12.1. The fourth-order valence-corrected chi connectivity index (χ4v) is 2.75. The minimum atomic E-state index is -10.7. The van der Waals surface area contributed by atoms with Gasteiger partial charge in [0.15, 0.2) is 0 Å². The molecule has 0 aliphatic carbocycles. The Labute approximate surface area is 139 Å². The molecule has 2 rings (SSSR count). The molecule has 136 valence electrons. The maximum absolute atomic E-state index is 10.7. The van der Waals surface area contributed by atoms with Gasteiger partial charge < -0.3 is 5.11 Å². The molecule has 0 radical (unpaired) electrons. The number of aromatic hydroxyl groups is 1. The van der Waals surface area contributed by atoms with Gasteiger partial charge in [-0.05, 0) is 36.4 Å². The van der Waals surface area contributed by atoms with E-state index in [2.05, 4.69) is 30.3 Å². The van der Waals surface area contributed by atoms with Crippen molar-refractivity contribution in [2.45, 2.75) is 18.4 Å². The van der Waals surface area contributed by atoms with Crippen molar-refractivity contribution in [2.75, 3.05) is 0 Å². The molecule has 0 bridgehead atoms. The van der Waals surface area contributed by atoms with E-state index in [0.717, 1.165) is 17.1 Å². The van der Waals surface area contributed by atoms with Crippen molar-refractivity contribution >= 4 is 19.6 Å². The van der Waals surface area contributed by atoms with Crippen LogP contribution in [-0.4, -0.2) is 5.11 Å². The Morgan fingerprint density at radius 2 is 1.33 bits per heavy atom. The van der Waals surface area contributed by atoms with Crippen LogP contribution in [0.5, 0.6) is 5.75 Å². The first-order valence-corrected chi connectivity index (χ1v) is 10.0. The topological polar surface area (TPSA) is 20.2 Å². The molecule has 2 aromatic carbocycles. The average molecular weight is 390 g/mol. The van der Waals surface area contributed by atoms with Crippen LogP contribution in [-0.2, 0) is 23.3 Å². The van der Waals surface area contributed by atoms with Gasteiger partial charge in [0.1, 0.15) is 17.3 Å². The maximum atomic E-state index is 9.87. The number of thiol groups is 1. The standard InChI is InChI=1S/C15H16OS.F6P/c1-12-9-14(7-8-15(12)16)11-17-10-13-5-3-2-4-6-13;1-7(2,3,4,5)6/h2-9,16H,10-11H2,1H3;/q;-1/p+1. The van der Waals surface area contributed by atoms with E-state index in [-0.39, 0.29) is 0 Å². The first-order valence-electron chi connectivity index (χ1n) is 6.73. The molecule has 1 N–H and O–H groups in total. The van der Waals surface area contributed by atoms with Gasteiger partial charge in [0, 0.05) is 11.1 Å². The molecule has 0 heterocycles. The van der Waals surface area contributed by atoms with Gasteiger partial charge in [-0.1, -0.05) is 36.4 Å². The summed E-state index contributed by atoms with van der Waals surface area (Å²) < 4.78 is 59.2. The molecule has 0 amide bonds. The van der Waals surface area contributed by atoms with Crippen molar-refractivity contribution in [1.29, 1.82) is 0 Å². The summed E-state index contributed by atoms with van der Waals surface area (Å²) in [6, 6.07) is 16.4. The van der Waals surface area contributed by atoms with Gasteiger partial charge in [-0.3, -0.25) is 0 Å². The number of phenolic OH excluding ortho intramolecular Hbond substituents is 1. The zero-order valence-corrected chi connectivity index (χ0v) is 14.4. The van der Waals surface area contributed by atoms with E-state index < -0.39 is 7.81 Å². The summed E-state index contributed by atoms with van der Waals surface area (Å²) in [5.74, 6) is 2.50. The molecule has 0 aliphatic heterocycles. The Balaban J connectivity index is 0.000000351. The van der Waals surface area contributed by atoms with Crippen LogP contribution in [0, 0.1) is 6.92 Å². The van der Waals surface area contributed by atoms with Crippen molar-refractivity contribution in [3.63, 3.8) is 0 Å². The summed E-state index contributed by atoms with van der Waals surface area (Å²) >= 11 is 1.40. The fourth-order valence-electron chi connectivity index (χ4n) is 1.71. The second kappa shape index (κ2) is 6.84. The van der Waals surface area contributed by atoms with Gasteiger partial charge in [0.2, 0.25) is 0 Å². The quantitative estimate of drug-likeness (QED) is 0.270. The van der Waals surface area contributed by atoms with Gasteiger partial charge in [-0.2, -0.15) is 0 Å². The third-order valence-corrected chi connectivity index (χ3v) is 3.87. The molecule has 0 spiro atoms.